The highest BCUT2D eigenvalue weighted by Crippen LogP contribution is 2.50. The second kappa shape index (κ2) is 3.18. The molecule has 1 aromatic rings. The van der Waals surface area contributed by atoms with E-state index in [1.807, 2.05) is 0 Å². The van der Waals surface area contributed by atoms with Crippen LogP contribution in [-0.4, -0.2) is 9.78 Å². The van der Waals surface area contributed by atoms with E-state index in [9.17, 15) is 0 Å². The van der Waals surface area contributed by atoms with Gasteiger partial charge in [-0.3, -0.25) is 4.68 Å². The average molecular weight is 211 g/mol. The maximum absolute atomic E-state index is 8.66. The van der Waals surface area contributed by atoms with Gasteiger partial charge < -0.3 is 5.73 Å². The van der Waals surface area contributed by atoms with Crippen LogP contribution in [0.25, 0.3) is 0 Å². The maximum Gasteiger partial charge on any atom is 0.150 e. The van der Waals surface area contributed by atoms with Gasteiger partial charge in [0.2, 0.25) is 0 Å². The van der Waals surface area contributed by atoms with Gasteiger partial charge in [0, 0.05) is 18.4 Å². The third kappa shape index (κ3) is 1.55. The van der Waals surface area contributed by atoms with Crippen LogP contribution in [0.2, 0.25) is 5.15 Å². The van der Waals surface area contributed by atoms with Gasteiger partial charge in [0.25, 0.3) is 0 Å². The van der Waals surface area contributed by atoms with Crippen molar-refractivity contribution in [3.05, 3.63) is 11.3 Å². The second-order valence-corrected chi connectivity index (χ2v) is 4.24. The predicted octanol–water partition coefficient (Wildman–Crippen LogP) is 1.81. The molecular weight excluding hydrogens is 200 g/mol. The van der Waals surface area contributed by atoms with E-state index in [1.54, 1.807) is 10.9 Å². The molecule has 14 heavy (non-hydrogen) atoms. The molecule has 0 aromatic carbocycles. The molecule has 1 fully saturated rings. The Bertz CT molecular complexity index is 386. The minimum absolute atomic E-state index is 0.108. The van der Waals surface area contributed by atoms with Crippen LogP contribution in [0.4, 0.5) is 5.69 Å². The zero-order chi connectivity index (χ0) is 10.2. The Labute approximate surface area is 87.3 Å². The van der Waals surface area contributed by atoms with Gasteiger partial charge in [0.1, 0.15) is 5.15 Å². The van der Waals surface area contributed by atoms with Gasteiger partial charge >= 0.3 is 0 Å². The minimum atomic E-state index is 0.108. The van der Waals surface area contributed by atoms with Crippen molar-refractivity contribution < 1.29 is 0 Å². The second-order valence-electron chi connectivity index (χ2n) is 3.88. The molecule has 74 valence electrons. The summed E-state index contributed by atoms with van der Waals surface area (Å²) in [6.07, 6.45) is 4.28. The topological polar surface area (TPSA) is 67.6 Å². The Balaban J connectivity index is 2.12. The molecule has 1 heterocycles. The number of anilines is 1. The SMILES string of the molecule is N#CCC1(Cn2ncc(N)c2Cl)CC1. The first-order chi connectivity index (χ1) is 6.67. The number of rotatable bonds is 3. The fourth-order valence-corrected chi connectivity index (χ4v) is 1.70. The highest BCUT2D eigenvalue weighted by molar-refractivity contribution is 6.31. The van der Waals surface area contributed by atoms with Gasteiger partial charge in [-0.05, 0) is 12.8 Å². The van der Waals surface area contributed by atoms with Crippen LogP contribution >= 0.6 is 11.6 Å². The summed E-state index contributed by atoms with van der Waals surface area (Å²) in [5.74, 6) is 0. The van der Waals surface area contributed by atoms with Crippen molar-refractivity contribution in [3.63, 3.8) is 0 Å². The largest absolute Gasteiger partial charge is 0.395 e. The van der Waals surface area contributed by atoms with Crippen molar-refractivity contribution in [1.82, 2.24) is 9.78 Å². The summed E-state index contributed by atoms with van der Waals surface area (Å²) in [4.78, 5) is 0. The van der Waals surface area contributed by atoms with Gasteiger partial charge in [0.05, 0.1) is 18.0 Å². The van der Waals surface area contributed by atoms with Gasteiger partial charge in [-0.2, -0.15) is 10.4 Å². The molecule has 4 nitrogen and oxygen atoms in total. The first kappa shape index (κ1) is 9.35. The highest BCUT2D eigenvalue weighted by Gasteiger charge is 2.43. The lowest BCUT2D eigenvalue weighted by atomic mass is 10.0. The average Bonchev–Trinajstić information content (AvgIpc) is 2.85. The van der Waals surface area contributed by atoms with E-state index in [2.05, 4.69) is 11.2 Å². The van der Waals surface area contributed by atoms with Crippen LogP contribution in [0.15, 0.2) is 6.20 Å². The van der Waals surface area contributed by atoms with Crippen molar-refractivity contribution in [1.29, 1.82) is 5.26 Å². The lowest BCUT2D eigenvalue weighted by Gasteiger charge is -2.11. The molecule has 0 saturated heterocycles. The Hall–Kier alpha value is -1.21. The van der Waals surface area contributed by atoms with E-state index in [0.29, 0.717) is 23.8 Å². The Kier molecular flexibility index (Phi) is 2.12. The summed E-state index contributed by atoms with van der Waals surface area (Å²) in [6.45, 7) is 0.705. The maximum atomic E-state index is 8.66. The summed E-state index contributed by atoms with van der Waals surface area (Å²) >= 11 is 5.94. The van der Waals surface area contributed by atoms with Crippen LogP contribution in [0.5, 0.6) is 0 Å². The summed E-state index contributed by atoms with van der Waals surface area (Å²) < 4.78 is 1.68. The van der Waals surface area contributed by atoms with Gasteiger partial charge in [0.15, 0.2) is 0 Å². The highest BCUT2D eigenvalue weighted by atomic mass is 35.5. The normalized spacial score (nSPS) is 17.7. The third-order valence-electron chi connectivity index (χ3n) is 2.70. The number of nitrogens with two attached hydrogens (primary N) is 1. The first-order valence-corrected chi connectivity index (χ1v) is 4.88. The Morgan fingerprint density at radius 3 is 2.86 bits per heavy atom. The van der Waals surface area contributed by atoms with Crippen molar-refractivity contribution >= 4 is 17.3 Å². The lowest BCUT2D eigenvalue weighted by Crippen LogP contribution is -2.12. The van der Waals surface area contributed by atoms with E-state index in [1.165, 1.54) is 0 Å². The molecule has 0 unspecified atom stereocenters. The van der Waals surface area contributed by atoms with Gasteiger partial charge in [-0.1, -0.05) is 11.6 Å². The fraction of sp³-hybridized carbons (Fsp3) is 0.556. The molecular formula is C9H11ClN4. The summed E-state index contributed by atoms with van der Waals surface area (Å²) in [7, 11) is 0. The number of nitriles is 1. The Morgan fingerprint density at radius 2 is 2.43 bits per heavy atom. The molecule has 2 N–H and O–H groups in total. The van der Waals surface area contributed by atoms with E-state index in [4.69, 9.17) is 22.6 Å². The van der Waals surface area contributed by atoms with E-state index in [0.717, 1.165) is 12.8 Å². The molecule has 0 amide bonds. The van der Waals surface area contributed by atoms with Crippen LogP contribution < -0.4 is 5.73 Å². The molecule has 1 aliphatic carbocycles. The number of halogens is 1. The van der Waals surface area contributed by atoms with E-state index < -0.39 is 0 Å². The van der Waals surface area contributed by atoms with Gasteiger partial charge in [-0.25, -0.2) is 0 Å². The molecule has 0 radical (unpaired) electrons. The summed E-state index contributed by atoms with van der Waals surface area (Å²) in [5, 5.41) is 13.2. The van der Waals surface area contributed by atoms with Gasteiger partial charge in [-0.15, -0.1) is 0 Å². The number of nitrogens with zero attached hydrogens (tertiary/aromatic N) is 3. The molecule has 0 bridgehead atoms. The number of hydrogen-bond donors (Lipinski definition) is 1. The quantitative estimate of drug-likeness (QED) is 0.828. The summed E-state index contributed by atoms with van der Waals surface area (Å²) in [6, 6.07) is 2.20. The molecule has 1 aromatic heterocycles. The fourth-order valence-electron chi connectivity index (χ4n) is 1.55. The van der Waals surface area contributed by atoms with Crippen LogP contribution in [0.1, 0.15) is 19.3 Å². The number of hydrogen-bond acceptors (Lipinski definition) is 3. The predicted molar refractivity (Wildman–Crippen MR) is 53.5 cm³/mol. The van der Waals surface area contributed by atoms with Crippen LogP contribution in [0, 0.1) is 16.7 Å². The zero-order valence-electron chi connectivity index (χ0n) is 7.70. The molecule has 0 atom stereocenters. The summed E-state index contributed by atoms with van der Waals surface area (Å²) in [5.41, 5.74) is 6.18. The smallest absolute Gasteiger partial charge is 0.150 e. The molecule has 1 saturated carbocycles. The van der Waals surface area contributed by atoms with Crippen LogP contribution in [-0.2, 0) is 6.54 Å². The molecule has 2 rings (SSSR count). The third-order valence-corrected chi connectivity index (χ3v) is 3.11. The molecule has 0 spiro atoms. The van der Waals surface area contributed by atoms with Crippen molar-refractivity contribution in [2.45, 2.75) is 25.8 Å². The monoisotopic (exact) mass is 210 g/mol. The molecule has 1 aliphatic rings. The van der Waals surface area contributed by atoms with Crippen LogP contribution in [0.3, 0.4) is 0 Å². The minimum Gasteiger partial charge on any atom is -0.395 e. The van der Waals surface area contributed by atoms with E-state index in [-0.39, 0.29) is 5.41 Å². The van der Waals surface area contributed by atoms with E-state index >= 15 is 0 Å². The van der Waals surface area contributed by atoms with Crippen molar-refractivity contribution in [2.75, 3.05) is 5.73 Å². The lowest BCUT2D eigenvalue weighted by molar-refractivity contribution is 0.405. The zero-order valence-corrected chi connectivity index (χ0v) is 8.46. The first-order valence-electron chi connectivity index (χ1n) is 4.51. The molecule has 5 heteroatoms. The standard InChI is InChI=1S/C9H11ClN4/c10-8-7(12)5-13-14(8)6-9(1-2-9)3-4-11/h5H,1-3,6,12H2. The molecule has 0 aliphatic heterocycles. The van der Waals surface area contributed by atoms with Crippen molar-refractivity contribution in [2.24, 2.45) is 5.41 Å². The Morgan fingerprint density at radius 1 is 1.71 bits per heavy atom. The number of nitrogen functional groups attached to an aromatic ring is 1. The number of aromatic nitrogens is 2. The van der Waals surface area contributed by atoms with Crippen molar-refractivity contribution in [3.8, 4) is 6.07 Å².